The Bertz CT molecular complexity index is 686. The van der Waals surface area contributed by atoms with Crippen LogP contribution in [0.1, 0.15) is 25.1 Å². The number of carbonyl (C=O) groups is 1. The van der Waals surface area contributed by atoms with E-state index < -0.39 is 0 Å². The van der Waals surface area contributed by atoms with Crippen molar-refractivity contribution in [1.29, 1.82) is 0 Å². The van der Waals surface area contributed by atoms with Gasteiger partial charge in [0.05, 0.1) is 32.3 Å². The van der Waals surface area contributed by atoms with E-state index in [0.29, 0.717) is 37.8 Å². The van der Waals surface area contributed by atoms with E-state index in [-0.39, 0.29) is 24.4 Å². The van der Waals surface area contributed by atoms with Crippen LogP contribution in [-0.4, -0.2) is 47.0 Å². The van der Waals surface area contributed by atoms with Crippen molar-refractivity contribution in [3.63, 3.8) is 0 Å². The van der Waals surface area contributed by atoms with Crippen LogP contribution in [0, 0.1) is 0 Å². The number of nitrogens with two attached hydrogens (primary N) is 1. The summed E-state index contributed by atoms with van der Waals surface area (Å²) in [5, 5.41) is 9.72. The SMILES string of the molecule is Cl.NCc1nc(-c2ccc(NC(=O)CCOCC3CCCO3)cc2)n[nH]1. The molecule has 1 aromatic heterocycles. The number of aromatic amines is 1. The van der Waals surface area contributed by atoms with Gasteiger partial charge in [0.1, 0.15) is 5.82 Å². The van der Waals surface area contributed by atoms with Gasteiger partial charge in [0.25, 0.3) is 0 Å². The van der Waals surface area contributed by atoms with Crippen molar-refractivity contribution in [2.75, 3.05) is 25.1 Å². The molecule has 1 atom stereocenters. The number of halogens is 1. The number of benzene rings is 1. The number of carbonyl (C=O) groups excluding carboxylic acids is 1. The minimum Gasteiger partial charge on any atom is -0.378 e. The summed E-state index contributed by atoms with van der Waals surface area (Å²) in [5.41, 5.74) is 7.09. The molecule has 1 aromatic carbocycles. The summed E-state index contributed by atoms with van der Waals surface area (Å²) in [6.07, 6.45) is 2.63. The molecule has 4 N–H and O–H groups in total. The number of hydrogen-bond acceptors (Lipinski definition) is 6. The molecule has 9 heteroatoms. The van der Waals surface area contributed by atoms with E-state index in [1.165, 1.54) is 0 Å². The Kier molecular flexibility index (Phi) is 7.99. The first-order valence-electron chi connectivity index (χ1n) is 8.45. The Balaban J connectivity index is 0.00000243. The van der Waals surface area contributed by atoms with Gasteiger partial charge in [-0.15, -0.1) is 12.4 Å². The van der Waals surface area contributed by atoms with Crippen molar-refractivity contribution < 1.29 is 14.3 Å². The second-order valence-corrected chi connectivity index (χ2v) is 5.90. The third kappa shape index (κ3) is 5.77. The van der Waals surface area contributed by atoms with E-state index in [9.17, 15) is 4.79 Å². The molecule has 0 radical (unpaired) electrons. The molecule has 1 unspecified atom stereocenters. The highest BCUT2D eigenvalue weighted by Gasteiger charge is 2.15. The van der Waals surface area contributed by atoms with Gasteiger partial charge in [-0.2, -0.15) is 5.10 Å². The monoisotopic (exact) mass is 381 g/mol. The molecule has 0 saturated carbocycles. The van der Waals surface area contributed by atoms with Gasteiger partial charge in [-0.3, -0.25) is 9.89 Å². The third-order valence-electron chi connectivity index (χ3n) is 3.95. The zero-order valence-corrected chi connectivity index (χ0v) is 15.3. The highest BCUT2D eigenvalue weighted by Crippen LogP contribution is 2.18. The van der Waals surface area contributed by atoms with Crippen LogP contribution in [0.25, 0.3) is 11.4 Å². The molecule has 1 aliphatic rings. The van der Waals surface area contributed by atoms with Gasteiger partial charge >= 0.3 is 0 Å². The maximum absolute atomic E-state index is 11.9. The predicted molar refractivity (Wildman–Crippen MR) is 100.0 cm³/mol. The lowest BCUT2D eigenvalue weighted by molar-refractivity contribution is -0.117. The molecule has 1 saturated heterocycles. The first-order chi connectivity index (χ1) is 12.2. The van der Waals surface area contributed by atoms with Gasteiger partial charge in [0.15, 0.2) is 5.82 Å². The largest absolute Gasteiger partial charge is 0.378 e. The van der Waals surface area contributed by atoms with Gasteiger partial charge in [0.2, 0.25) is 5.91 Å². The molecule has 142 valence electrons. The molecule has 0 aliphatic carbocycles. The molecule has 1 fully saturated rings. The summed E-state index contributed by atoms with van der Waals surface area (Å²) in [4.78, 5) is 16.2. The van der Waals surface area contributed by atoms with Crippen molar-refractivity contribution in [1.82, 2.24) is 15.2 Å². The number of amides is 1. The van der Waals surface area contributed by atoms with Crippen molar-refractivity contribution in [2.24, 2.45) is 5.73 Å². The first-order valence-corrected chi connectivity index (χ1v) is 8.45. The Morgan fingerprint density at radius 1 is 1.38 bits per heavy atom. The molecule has 8 nitrogen and oxygen atoms in total. The van der Waals surface area contributed by atoms with Crippen LogP contribution in [0.5, 0.6) is 0 Å². The minimum absolute atomic E-state index is 0. The molecular weight excluding hydrogens is 358 g/mol. The van der Waals surface area contributed by atoms with E-state index in [2.05, 4.69) is 20.5 Å². The number of hydrogen-bond donors (Lipinski definition) is 3. The Morgan fingerprint density at radius 2 is 2.19 bits per heavy atom. The number of nitrogens with one attached hydrogen (secondary N) is 2. The van der Waals surface area contributed by atoms with Crippen LogP contribution < -0.4 is 11.1 Å². The standard InChI is InChI=1S/C17H23N5O3.ClH/c18-10-15-20-17(22-21-15)12-3-5-13(6-4-12)19-16(23)7-9-24-11-14-2-1-8-25-14;/h3-6,14H,1-2,7-11,18H2,(H,19,23)(H,20,21,22);1H. The van der Waals surface area contributed by atoms with Crippen LogP contribution in [0.2, 0.25) is 0 Å². The second-order valence-electron chi connectivity index (χ2n) is 5.90. The fraction of sp³-hybridized carbons (Fsp3) is 0.471. The normalized spacial score (nSPS) is 16.3. The molecule has 0 bridgehead atoms. The van der Waals surface area contributed by atoms with Crippen LogP contribution in [0.3, 0.4) is 0 Å². The van der Waals surface area contributed by atoms with E-state index >= 15 is 0 Å². The maximum atomic E-state index is 11.9. The molecule has 2 aromatic rings. The van der Waals surface area contributed by atoms with Gasteiger partial charge in [-0.1, -0.05) is 0 Å². The topological polar surface area (TPSA) is 115 Å². The number of ether oxygens (including phenoxy) is 2. The molecule has 1 aliphatic heterocycles. The molecular formula is C17H24ClN5O3. The molecule has 26 heavy (non-hydrogen) atoms. The fourth-order valence-corrected chi connectivity index (χ4v) is 2.60. The number of anilines is 1. The Hall–Kier alpha value is -2.00. The van der Waals surface area contributed by atoms with Crippen LogP contribution in [-0.2, 0) is 20.8 Å². The lowest BCUT2D eigenvalue weighted by atomic mass is 10.2. The lowest BCUT2D eigenvalue weighted by Gasteiger charge is -2.10. The van der Waals surface area contributed by atoms with E-state index in [4.69, 9.17) is 15.2 Å². The summed E-state index contributed by atoms with van der Waals surface area (Å²) in [6, 6.07) is 7.35. The smallest absolute Gasteiger partial charge is 0.226 e. The zero-order chi connectivity index (χ0) is 17.5. The number of H-pyrrole nitrogens is 1. The first kappa shape index (κ1) is 20.3. The highest BCUT2D eigenvalue weighted by atomic mass is 35.5. The average Bonchev–Trinajstić information content (AvgIpc) is 3.31. The van der Waals surface area contributed by atoms with E-state index in [0.717, 1.165) is 30.7 Å². The molecule has 3 rings (SSSR count). The number of nitrogens with zero attached hydrogens (tertiary/aromatic N) is 2. The predicted octanol–water partition coefficient (Wildman–Crippen LogP) is 1.88. The minimum atomic E-state index is -0.0802. The Morgan fingerprint density at radius 3 is 2.85 bits per heavy atom. The summed E-state index contributed by atoms with van der Waals surface area (Å²) in [7, 11) is 0. The fourth-order valence-electron chi connectivity index (χ4n) is 2.60. The van der Waals surface area contributed by atoms with Crippen molar-refractivity contribution in [3.05, 3.63) is 30.1 Å². The molecule has 0 spiro atoms. The Labute approximate surface area is 158 Å². The highest BCUT2D eigenvalue weighted by molar-refractivity contribution is 5.91. The van der Waals surface area contributed by atoms with Crippen LogP contribution in [0.4, 0.5) is 5.69 Å². The average molecular weight is 382 g/mol. The number of rotatable bonds is 8. The van der Waals surface area contributed by atoms with E-state index in [1.54, 1.807) is 0 Å². The second kappa shape index (κ2) is 10.2. The van der Waals surface area contributed by atoms with Crippen molar-refractivity contribution >= 4 is 24.0 Å². The van der Waals surface area contributed by atoms with E-state index in [1.807, 2.05) is 24.3 Å². The third-order valence-corrected chi connectivity index (χ3v) is 3.95. The van der Waals surface area contributed by atoms with Crippen LogP contribution >= 0.6 is 12.4 Å². The van der Waals surface area contributed by atoms with Gasteiger partial charge < -0.3 is 20.5 Å². The van der Waals surface area contributed by atoms with Gasteiger partial charge in [-0.05, 0) is 37.1 Å². The summed E-state index contributed by atoms with van der Waals surface area (Å²) >= 11 is 0. The summed E-state index contributed by atoms with van der Waals surface area (Å²) in [6.45, 7) is 2.08. The van der Waals surface area contributed by atoms with Crippen LogP contribution in [0.15, 0.2) is 24.3 Å². The zero-order valence-electron chi connectivity index (χ0n) is 14.4. The van der Waals surface area contributed by atoms with Gasteiger partial charge in [0, 0.05) is 17.9 Å². The summed E-state index contributed by atoms with van der Waals surface area (Å²) < 4.78 is 11.0. The van der Waals surface area contributed by atoms with Crippen molar-refractivity contribution in [3.8, 4) is 11.4 Å². The lowest BCUT2D eigenvalue weighted by Crippen LogP contribution is -2.18. The number of aromatic nitrogens is 3. The summed E-state index contributed by atoms with van der Waals surface area (Å²) in [5.74, 6) is 1.14. The molecule has 1 amide bonds. The molecule has 2 heterocycles. The van der Waals surface area contributed by atoms with Gasteiger partial charge in [-0.25, -0.2) is 4.98 Å². The van der Waals surface area contributed by atoms with Crippen molar-refractivity contribution in [2.45, 2.75) is 31.9 Å². The quantitative estimate of drug-likeness (QED) is 0.601. The maximum Gasteiger partial charge on any atom is 0.226 e.